The van der Waals surface area contributed by atoms with Crippen molar-refractivity contribution < 1.29 is 0 Å². The third kappa shape index (κ3) is 4.05. The lowest BCUT2D eigenvalue weighted by Crippen LogP contribution is -2.32. The van der Waals surface area contributed by atoms with Gasteiger partial charge in [-0.3, -0.25) is 4.68 Å². The number of hydrogen-bond acceptors (Lipinski definition) is 6. The van der Waals surface area contributed by atoms with E-state index in [0.717, 1.165) is 57.9 Å². The average molecular weight is 311 g/mol. The van der Waals surface area contributed by atoms with Crippen molar-refractivity contribution >= 4 is 5.82 Å². The van der Waals surface area contributed by atoms with Gasteiger partial charge in [0.15, 0.2) is 0 Å². The van der Waals surface area contributed by atoms with E-state index < -0.39 is 0 Å². The Hall–Kier alpha value is -2.46. The van der Waals surface area contributed by atoms with Gasteiger partial charge in [-0.25, -0.2) is 9.97 Å². The standard InChI is InChI=1S/C16H21N7/c17-12-15-4-1-5-19-16(15)22-8-2-6-21(10-11-22)7-3-9-23-14-18-13-20-23/h1,4-5,13-14H,2-3,6-11H2. The summed E-state index contributed by atoms with van der Waals surface area (Å²) in [6, 6.07) is 5.89. The molecule has 0 saturated carbocycles. The van der Waals surface area contributed by atoms with Gasteiger partial charge in [-0.1, -0.05) is 0 Å². The first kappa shape index (κ1) is 15.4. The molecule has 0 radical (unpaired) electrons. The van der Waals surface area contributed by atoms with Crippen LogP contribution in [0.5, 0.6) is 0 Å². The van der Waals surface area contributed by atoms with Crippen LogP contribution in [0.15, 0.2) is 31.0 Å². The Labute approximate surface area is 136 Å². The largest absolute Gasteiger partial charge is 0.354 e. The van der Waals surface area contributed by atoms with Crippen molar-refractivity contribution in [3.63, 3.8) is 0 Å². The first-order chi connectivity index (χ1) is 11.4. The Morgan fingerprint density at radius 2 is 2.13 bits per heavy atom. The maximum atomic E-state index is 9.24. The fourth-order valence-corrected chi connectivity index (χ4v) is 2.95. The molecule has 0 atom stereocenters. The second-order valence-electron chi connectivity index (χ2n) is 5.68. The number of aromatic nitrogens is 4. The molecular formula is C16H21N7. The third-order valence-corrected chi connectivity index (χ3v) is 4.12. The number of nitriles is 1. The van der Waals surface area contributed by atoms with Crippen molar-refractivity contribution in [3.8, 4) is 6.07 Å². The topological polar surface area (TPSA) is 73.9 Å². The molecule has 2 aromatic heterocycles. The van der Waals surface area contributed by atoms with Crippen LogP contribution in [0.2, 0.25) is 0 Å². The van der Waals surface area contributed by atoms with Gasteiger partial charge < -0.3 is 9.80 Å². The fourth-order valence-electron chi connectivity index (χ4n) is 2.95. The molecule has 120 valence electrons. The monoisotopic (exact) mass is 311 g/mol. The molecule has 2 aromatic rings. The normalized spacial score (nSPS) is 16.0. The quantitative estimate of drug-likeness (QED) is 0.824. The molecule has 7 nitrogen and oxygen atoms in total. The predicted molar refractivity (Wildman–Crippen MR) is 86.9 cm³/mol. The zero-order valence-corrected chi connectivity index (χ0v) is 13.2. The number of rotatable bonds is 5. The minimum absolute atomic E-state index is 0.659. The molecule has 3 heterocycles. The van der Waals surface area contributed by atoms with Crippen molar-refractivity contribution in [1.29, 1.82) is 5.26 Å². The molecule has 23 heavy (non-hydrogen) atoms. The van der Waals surface area contributed by atoms with Crippen LogP contribution in [-0.2, 0) is 6.54 Å². The van der Waals surface area contributed by atoms with Crippen LogP contribution >= 0.6 is 0 Å². The van der Waals surface area contributed by atoms with E-state index in [0.29, 0.717) is 5.56 Å². The molecule has 0 N–H and O–H groups in total. The zero-order valence-electron chi connectivity index (χ0n) is 13.2. The second-order valence-corrected chi connectivity index (χ2v) is 5.68. The minimum atomic E-state index is 0.659. The lowest BCUT2D eigenvalue weighted by Gasteiger charge is -2.23. The third-order valence-electron chi connectivity index (χ3n) is 4.12. The smallest absolute Gasteiger partial charge is 0.146 e. The minimum Gasteiger partial charge on any atom is -0.354 e. The van der Waals surface area contributed by atoms with E-state index in [1.807, 2.05) is 16.8 Å². The summed E-state index contributed by atoms with van der Waals surface area (Å²) in [5, 5.41) is 13.4. The van der Waals surface area contributed by atoms with Crippen LogP contribution in [0.4, 0.5) is 5.82 Å². The molecule has 0 bridgehead atoms. The highest BCUT2D eigenvalue weighted by atomic mass is 15.3. The van der Waals surface area contributed by atoms with E-state index in [2.05, 4.69) is 30.9 Å². The van der Waals surface area contributed by atoms with Crippen molar-refractivity contribution in [2.45, 2.75) is 19.4 Å². The number of aryl methyl sites for hydroxylation is 1. The fraction of sp³-hybridized carbons (Fsp3) is 0.500. The van der Waals surface area contributed by atoms with E-state index in [1.54, 1.807) is 18.9 Å². The van der Waals surface area contributed by atoms with Gasteiger partial charge in [0.05, 0.1) is 5.56 Å². The maximum absolute atomic E-state index is 9.24. The summed E-state index contributed by atoms with van der Waals surface area (Å²) < 4.78 is 1.87. The average Bonchev–Trinajstić information content (AvgIpc) is 2.99. The number of pyridine rings is 1. The number of nitrogens with zero attached hydrogens (tertiary/aromatic N) is 7. The first-order valence-electron chi connectivity index (χ1n) is 8.01. The van der Waals surface area contributed by atoms with E-state index in [-0.39, 0.29) is 0 Å². The second kappa shape index (κ2) is 7.70. The van der Waals surface area contributed by atoms with Gasteiger partial charge in [0, 0.05) is 32.4 Å². The van der Waals surface area contributed by atoms with Gasteiger partial charge in [-0.2, -0.15) is 10.4 Å². The van der Waals surface area contributed by atoms with E-state index in [9.17, 15) is 5.26 Å². The lowest BCUT2D eigenvalue weighted by molar-refractivity contribution is 0.281. The molecule has 1 saturated heterocycles. The summed E-state index contributed by atoms with van der Waals surface area (Å²) in [6.45, 7) is 5.90. The summed E-state index contributed by atoms with van der Waals surface area (Å²) in [5.74, 6) is 0.819. The highest BCUT2D eigenvalue weighted by Gasteiger charge is 2.17. The van der Waals surface area contributed by atoms with Gasteiger partial charge in [0.1, 0.15) is 24.5 Å². The van der Waals surface area contributed by atoms with Crippen LogP contribution in [-0.4, -0.2) is 57.4 Å². The van der Waals surface area contributed by atoms with Gasteiger partial charge in [-0.05, 0) is 38.1 Å². The molecule has 3 rings (SSSR count). The van der Waals surface area contributed by atoms with Gasteiger partial charge in [0.25, 0.3) is 0 Å². The summed E-state index contributed by atoms with van der Waals surface area (Å²) in [7, 11) is 0. The molecule has 1 fully saturated rings. The summed E-state index contributed by atoms with van der Waals surface area (Å²) in [4.78, 5) is 13.1. The molecule has 0 spiro atoms. The first-order valence-corrected chi connectivity index (χ1v) is 8.01. The van der Waals surface area contributed by atoms with Crippen molar-refractivity contribution in [2.24, 2.45) is 0 Å². The molecule has 1 aliphatic heterocycles. The SMILES string of the molecule is N#Cc1cccnc1N1CCCN(CCCn2cncn2)CC1. The van der Waals surface area contributed by atoms with Gasteiger partial charge in [0.2, 0.25) is 0 Å². The van der Waals surface area contributed by atoms with Gasteiger partial charge >= 0.3 is 0 Å². The zero-order chi connectivity index (χ0) is 15.9. The van der Waals surface area contributed by atoms with Crippen LogP contribution in [0.25, 0.3) is 0 Å². The molecule has 1 aliphatic rings. The van der Waals surface area contributed by atoms with E-state index in [4.69, 9.17) is 0 Å². The highest BCUT2D eigenvalue weighted by Crippen LogP contribution is 2.18. The maximum Gasteiger partial charge on any atom is 0.146 e. The Kier molecular flexibility index (Phi) is 5.17. The van der Waals surface area contributed by atoms with Crippen molar-refractivity contribution in [3.05, 3.63) is 36.5 Å². The Morgan fingerprint density at radius 3 is 2.96 bits per heavy atom. The molecule has 0 unspecified atom stereocenters. The molecule has 0 amide bonds. The van der Waals surface area contributed by atoms with Crippen LogP contribution < -0.4 is 4.90 Å². The van der Waals surface area contributed by atoms with Crippen molar-refractivity contribution in [1.82, 2.24) is 24.6 Å². The summed E-state index contributed by atoms with van der Waals surface area (Å²) in [6.07, 6.45) is 7.25. The highest BCUT2D eigenvalue weighted by molar-refractivity contribution is 5.53. The Bertz CT molecular complexity index is 647. The van der Waals surface area contributed by atoms with Crippen molar-refractivity contribution in [2.75, 3.05) is 37.6 Å². The Morgan fingerprint density at radius 1 is 1.17 bits per heavy atom. The van der Waals surface area contributed by atoms with Gasteiger partial charge in [-0.15, -0.1) is 0 Å². The summed E-state index contributed by atoms with van der Waals surface area (Å²) in [5.41, 5.74) is 0.659. The Balaban J connectivity index is 1.52. The van der Waals surface area contributed by atoms with Crippen LogP contribution in [0.1, 0.15) is 18.4 Å². The predicted octanol–water partition coefficient (Wildman–Crippen LogP) is 1.15. The van der Waals surface area contributed by atoms with Crippen LogP contribution in [0.3, 0.4) is 0 Å². The van der Waals surface area contributed by atoms with Crippen LogP contribution in [0, 0.1) is 11.3 Å². The molecule has 0 aromatic carbocycles. The number of anilines is 1. The molecule has 0 aliphatic carbocycles. The number of hydrogen-bond donors (Lipinski definition) is 0. The van der Waals surface area contributed by atoms with E-state index >= 15 is 0 Å². The molecule has 7 heteroatoms. The lowest BCUT2D eigenvalue weighted by atomic mass is 10.2. The summed E-state index contributed by atoms with van der Waals surface area (Å²) >= 11 is 0. The molecular weight excluding hydrogens is 290 g/mol. The van der Waals surface area contributed by atoms with E-state index in [1.165, 1.54) is 0 Å².